The summed E-state index contributed by atoms with van der Waals surface area (Å²) in [5, 5.41) is 2.96. The predicted molar refractivity (Wildman–Crippen MR) is 92.8 cm³/mol. The van der Waals surface area contributed by atoms with Crippen LogP contribution < -0.4 is 5.32 Å². The third-order valence-corrected chi connectivity index (χ3v) is 5.10. The maximum Gasteiger partial charge on any atom is 0.310 e. The van der Waals surface area contributed by atoms with Crippen LogP contribution in [-0.2, 0) is 33.6 Å². The van der Waals surface area contributed by atoms with Crippen molar-refractivity contribution in [3.05, 3.63) is 34.9 Å². The minimum absolute atomic E-state index is 0.166. The van der Waals surface area contributed by atoms with Gasteiger partial charge in [-0.1, -0.05) is 37.5 Å². The molecular formula is C20H27NO3. The van der Waals surface area contributed by atoms with Gasteiger partial charge in [0.15, 0.2) is 6.61 Å². The van der Waals surface area contributed by atoms with Crippen molar-refractivity contribution in [3.63, 3.8) is 0 Å². The summed E-state index contributed by atoms with van der Waals surface area (Å²) in [4.78, 5) is 23.8. The van der Waals surface area contributed by atoms with E-state index < -0.39 is 0 Å². The lowest BCUT2D eigenvalue weighted by molar-refractivity contribution is -0.148. The molecule has 0 radical (unpaired) electrons. The number of nitrogens with one attached hydrogen (secondary N) is 1. The first-order chi connectivity index (χ1) is 11.7. The Balaban J connectivity index is 1.42. The molecule has 0 unspecified atom stereocenters. The monoisotopic (exact) mass is 329 g/mol. The van der Waals surface area contributed by atoms with E-state index in [1.807, 2.05) is 6.07 Å². The molecule has 0 bridgehead atoms. The smallest absolute Gasteiger partial charge is 0.310 e. The van der Waals surface area contributed by atoms with E-state index in [2.05, 4.69) is 17.4 Å². The van der Waals surface area contributed by atoms with E-state index in [0.29, 0.717) is 0 Å². The highest BCUT2D eigenvalue weighted by atomic mass is 16.5. The quantitative estimate of drug-likeness (QED) is 0.845. The second kappa shape index (κ2) is 8.32. The largest absolute Gasteiger partial charge is 0.455 e. The lowest BCUT2D eigenvalue weighted by Gasteiger charge is -2.22. The first-order valence-electron chi connectivity index (χ1n) is 9.26. The molecule has 2 aliphatic carbocycles. The zero-order chi connectivity index (χ0) is 16.8. The van der Waals surface area contributed by atoms with Crippen LogP contribution in [0.1, 0.15) is 61.6 Å². The Hall–Kier alpha value is -1.84. The Labute approximate surface area is 144 Å². The molecule has 1 aromatic carbocycles. The fraction of sp³-hybridized carbons (Fsp3) is 0.600. The number of rotatable bonds is 5. The van der Waals surface area contributed by atoms with Gasteiger partial charge in [-0.3, -0.25) is 9.59 Å². The van der Waals surface area contributed by atoms with Crippen LogP contribution in [0.5, 0.6) is 0 Å². The molecule has 1 amide bonds. The summed E-state index contributed by atoms with van der Waals surface area (Å²) in [5.74, 6) is -0.509. The summed E-state index contributed by atoms with van der Waals surface area (Å²) in [6.07, 6.45) is 10.6. The van der Waals surface area contributed by atoms with Crippen molar-refractivity contribution < 1.29 is 14.3 Å². The summed E-state index contributed by atoms with van der Waals surface area (Å²) in [7, 11) is 0. The summed E-state index contributed by atoms with van der Waals surface area (Å²) < 4.78 is 5.14. The average molecular weight is 329 g/mol. The molecule has 1 N–H and O–H groups in total. The van der Waals surface area contributed by atoms with E-state index in [4.69, 9.17) is 4.74 Å². The van der Waals surface area contributed by atoms with E-state index >= 15 is 0 Å². The van der Waals surface area contributed by atoms with Crippen LogP contribution in [0.25, 0.3) is 0 Å². The van der Waals surface area contributed by atoms with Gasteiger partial charge in [0.2, 0.25) is 0 Å². The van der Waals surface area contributed by atoms with Crippen LogP contribution in [0.3, 0.4) is 0 Å². The van der Waals surface area contributed by atoms with E-state index in [1.54, 1.807) is 0 Å². The molecule has 130 valence electrons. The third kappa shape index (κ3) is 4.83. The Morgan fingerprint density at radius 2 is 1.75 bits per heavy atom. The number of ether oxygens (including phenoxy) is 1. The molecule has 4 heteroatoms. The van der Waals surface area contributed by atoms with Gasteiger partial charge in [-0.2, -0.15) is 0 Å². The van der Waals surface area contributed by atoms with Crippen LogP contribution in [0, 0.1) is 0 Å². The highest BCUT2D eigenvalue weighted by Crippen LogP contribution is 2.22. The van der Waals surface area contributed by atoms with Crippen molar-refractivity contribution in [2.45, 2.75) is 70.3 Å². The number of aryl methyl sites for hydroxylation is 2. The van der Waals surface area contributed by atoms with Gasteiger partial charge >= 0.3 is 5.97 Å². The molecule has 2 aliphatic rings. The van der Waals surface area contributed by atoms with Crippen LogP contribution in [0.15, 0.2) is 18.2 Å². The van der Waals surface area contributed by atoms with Crippen LogP contribution in [-0.4, -0.2) is 24.5 Å². The van der Waals surface area contributed by atoms with Crippen LogP contribution in [0.2, 0.25) is 0 Å². The first kappa shape index (κ1) is 17.0. The fourth-order valence-corrected chi connectivity index (χ4v) is 3.78. The summed E-state index contributed by atoms with van der Waals surface area (Å²) in [6, 6.07) is 6.52. The van der Waals surface area contributed by atoms with Crippen molar-refractivity contribution in [2.75, 3.05) is 6.61 Å². The number of hydrogen-bond donors (Lipinski definition) is 1. The second-order valence-electron chi connectivity index (χ2n) is 7.05. The van der Waals surface area contributed by atoms with Gasteiger partial charge in [0.05, 0.1) is 6.42 Å². The van der Waals surface area contributed by atoms with Gasteiger partial charge in [-0.15, -0.1) is 0 Å². The van der Waals surface area contributed by atoms with Crippen LogP contribution in [0.4, 0.5) is 0 Å². The normalized spacial score (nSPS) is 17.8. The van der Waals surface area contributed by atoms with Crippen molar-refractivity contribution in [1.82, 2.24) is 5.32 Å². The summed E-state index contributed by atoms with van der Waals surface area (Å²) in [6.45, 7) is -0.166. The molecule has 0 spiro atoms. The predicted octanol–water partition coefficient (Wildman–Crippen LogP) is 3.10. The molecule has 0 aliphatic heterocycles. The summed E-state index contributed by atoms with van der Waals surface area (Å²) in [5.41, 5.74) is 3.75. The molecule has 1 saturated carbocycles. The molecule has 4 nitrogen and oxygen atoms in total. The number of carbonyl (C=O) groups is 2. The van der Waals surface area contributed by atoms with Gasteiger partial charge in [-0.25, -0.2) is 0 Å². The van der Waals surface area contributed by atoms with Gasteiger partial charge in [0, 0.05) is 6.04 Å². The van der Waals surface area contributed by atoms with Crippen LogP contribution >= 0.6 is 0 Å². The number of fused-ring (bicyclic) bond motifs is 1. The second-order valence-corrected chi connectivity index (χ2v) is 7.05. The van der Waals surface area contributed by atoms with Crippen molar-refractivity contribution in [2.24, 2.45) is 0 Å². The molecule has 0 saturated heterocycles. The molecule has 0 aromatic heterocycles. The van der Waals surface area contributed by atoms with E-state index in [9.17, 15) is 9.59 Å². The lowest BCUT2D eigenvalue weighted by atomic mass is 9.90. The highest BCUT2D eigenvalue weighted by Gasteiger charge is 2.17. The first-order valence-corrected chi connectivity index (χ1v) is 9.26. The molecule has 1 fully saturated rings. The Morgan fingerprint density at radius 3 is 2.54 bits per heavy atom. The number of esters is 1. The minimum atomic E-state index is -0.329. The topological polar surface area (TPSA) is 55.4 Å². The van der Waals surface area contributed by atoms with E-state index in [0.717, 1.165) is 31.2 Å². The third-order valence-electron chi connectivity index (χ3n) is 5.10. The Bertz CT molecular complexity index is 591. The number of benzene rings is 1. The number of hydrogen-bond acceptors (Lipinski definition) is 3. The molecule has 1 aromatic rings. The van der Waals surface area contributed by atoms with Gasteiger partial charge < -0.3 is 10.1 Å². The molecular weight excluding hydrogens is 302 g/mol. The maximum atomic E-state index is 12.0. The van der Waals surface area contributed by atoms with E-state index in [1.165, 1.54) is 43.2 Å². The highest BCUT2D eigenvalue weighted by molar-refractivity contribution is 5.81. The molecule has 0 heterocycles. The zero-order valence-corrected chi connectivity index (χ0v) is 14.3. The number of carbonyl (C=O) groups excluding carboxylic acids is 2. The Kier molecular flexibility index (Phi) is 5.89. The van der Waals surface area contributed by atoms with Gasteiger partial charge in [-0.05, 0) is 55.2 Å². The van der Waals surface area contributed by atoms with Gasteiger partial charge in [0.1, 0.15) is 0 Å². The maximum absolute atomic E-state index is 12.0. The standard InChI is InChI=1S/C20H27NO3/c22-19(21-18-8-2-1-3-9-18)14-24-20(23)13-15-10-11-16-6-4-5-7-17(16)12-15/h10-12,18H,1-9,13-14H2,(H,21,22). The average Bonchev–Trinajstić information content (AvgIpc) is 2.61. The fourth-order valence-electron chi connectivity index (χ4n) is 3.78. The SMILES string of the molecule is O=C(COC(=O)Cc1ccc2c(c1)CCCC2)NC1CCCCC1. The van der Waals surface area contributed by atoms with E-state index in [-0.39, 0.29) is 30.9 Å². The van der Waals surface area contributed by atoms with Crippen molar-refractivity contribution in [3.8, 4) is 0 Å². The van der Waals surface area contributed by atoms with Crippen molar-refractivity contribution in [1.29, 1.82) is 0 Å². The molecule has 0 atom stereocenters. The van der Waals surface area contributed by atoms with Crippen molar-refractivity contribution >= 4 is 11.9 Å². The number of amides is 1. The molecule has 3 rings (SSSR count). The Morgan fingerprint density at radius 1 is 1.00 bits per heavy atom. The zero-order valence-electron chi connectivity index (χ0n) is 14.3. The lowest BCUT2D eigenvalue weighted by Crippen LogP contribution is -2.38. The molecule has 24 heavy (non-hydrogen) atoms. The summed E-state index contributed by atoms with van der Waals surface area (Å²) >= 11 is 0. The minimum Gasteiger partial charge on any atom is -0.455 e. The van der Waals surface area contributed by atoms with Gasteiger partial charge in [0.25, 0.3) is 5.91 Å².